The molecular weight excluding hydrogens is 244 g/mol. The Labute approximate surface area is 101 Å². The molecule has 0 aliphatic rings. The molecule has 3 N–H and O–H groups in total. The van der Waals surface area contributed by atoms with Crippen LogP contribution in [0.25, 0.3) is 0 Å². The lowest BCUT2D eigenvalue weighted by molar-refractivity contribution is 0.587. The number of thiazole rings is 1. The minimum absolute atomic E-state index is 0.0651. The average molecular weight is 255 g/mol. The summed E-state index contributed by atoms with van der Waals surface area (Å²) in [6.07, 6.45) is 0.682. The second kappa shape index (κ2) is 5.09. The molecule has 0 atom stereocenters. The van der Waals surface area contributed by atoms with E-state index in [1.165, 1.54) is 17.4 Å². The standard InChI is InChI=1S/C11H11F2N3S/c12-7-3-9(13)11(14)10(4-7)15-2-1-8-5-17-6-16-8/h3-6,15H,1-2,14H2. The van der Waals surface area contributed by atoms with Crippen LogP contribution in [-0.4, -0.2) is 11.5 Å². The molecule has 2 aromatic rings. The van der Waals surface area contributed by atoms with Gasteiger partial charge in [0.25, 0.3) is 0 Å². The van der Waals surface area contributed by atoms with Gasteiger partial charge in [0.2, 0.25) is 0 Å². The van der Waals surface area contributed by atoms with Crippen molar-refractivity contribution < 1.29 is 8.78 Å². The number of nitrogen functional groups attached to an aromatic ring is 1. The highest BCUT2D eigenvalue weighted by molar-refractivity contribution is 7.07. The molecule has 6 heteroatoms. The van der Waals surface area contributed by atoms with Crippen molar-refractivity contribution in [2.45, 2.75) is 6.42 Å². The summed E-state index contributed by atoms with van der Waals surface area (Å²) in [7, 11) is 0. The van der Waals surface area contributed by atoms with Gasteiger partial charge in [-0.05, 0) is 6.07 Å². The van der Waals surface area contributed by atoms with Gasteiger partial charge in [0.15, 0.2) is 5.82 Å². The number of nitrogens with one attached hydrogen (secondary N) is 1. The smallest absolute Gasteiger partial charge is 0.151 e. The summed E-state index contributed by atoms with van der Waals surface area (Å²) in [5.74, 6) is -1.39. The van der Waals surface area contributed by atoms with Crippen molar-refractivity contribution in [1.82, 2.24) is 4.98 Å². The Hall–Kier alpha value is -1.69. The van der Waals surface area contributed by atoms with Crippen molar-refractivity contribution in [1.29, 1.82) is 0 Å². The van der Waals surface area contributed by atoms with Crippen molar-refractivity contribution in [2.24, 2.45) is 0 Å². The number of nitrogens with two attached hydrogens (primary N) is 1. The molecule has 0 unspecified atom stereocenters. The highest BCUT2D eigenvalue weighted by Crippen LogP contribution is 2.23. The fourth-order valence-electron chi connectivity index (χ4n) is 1.42. The third kappa shape index (κ3) is 2.91. The van der Waals surface area contributed by atoms with E-state index >= 15 is 0 Å². The number of hydrogen-bond acceptors (Lipinski definition) is 4. The van der Waals surface area contributed by atoms with Gasteiger partial charge in [0.1, 0.15) is 5.82 Å². The van der Waals surface area contributed by atoms with Gasteiger partial charge in [-0.15, -0.1) is 11.3 Å². The molecule has 0 amide bonds. The first-order chi connectivity index (χ1) is 8.16. The lowest BCUT2D eigenvalue weighted by Crippen LogP contribution is -2.08. The molecule has 90 valence electrons. The lowest BCUT2D eigenvalue weighted by atomic mass is 10.2. The molecule has 0 aliphatic heterocycles. The summed E-state index contributed by atoms with van der Waals surface area (Å²) >= 11 is 1.51. The zero-order valence-corrected chi connectivity index (χ0v) is 9.73. The van der Waals surface area contributed by atoms with Crippen LogP contribution in [0, 0.1) is 11.6 Å². The molecule has 0 radical (unpaired) electrons. The predicted molar refractivity (Wildman–Crippen MR) is 65.1 cm³/mol. The van der Waals surface area contributed by atoms with Gasteiger partial charge in [-0.3, -0.25) is 0 Å². The van der Waals surface area contributed by atoms with Gasteiger partial charge in [-0.25, -0.2) is 13.8 Å². The number of hydrogen-bond donors (Lipinski definition) is 2. The largest absolute Gasteiger partial charge is 0.395 e. The van der Waals surface area contributed by atoms with Gasteiger partial charge in [0, 0.05) is 24.4 Å². The van der Waals surface area contributed by atoms with E-state index in [9.17, 15) is 8.78 Å². The molecule has 1 aromatic heterocycles. The SMILES string of the molecule is Nc1c(F)cc(F)cc1NCCc1cscn1. The molecule has 1 heterocycles. The highest BCUT2D eigenvalue weighted by atomic mass is 32.1. The zero-order valence-electron chi connectivity index (χ0n) is 8.91. The minimum atomic E-state index is -0.749. The maximum Gasteiger partial charge on any atom is 0.151 e. The van der Waals surface area contributed by atoms with Gasteiger partial charge >= 0.3 is 0 Å². The van der Waals surface area contributed by atoms with Crippen molar-refractivity contribution in [3.63, 3.8) is 0 Å². The van der Waals surface area contributed by atoms with E-state index in [2.05, 4.69) is 10.3 Å². The molecule has 0 fully saturated rings. The number of anilines is 2. The Kier molecular flexibility index (Phi) is 3.53. The Bertz CT molecular complexity index is 500. The van der Waals surface area contributed by atoms with E-state index in [4.69, 9.17) is 5.73 Å². The van der Waals surface area contributed by atoms with E-state index in [1.54, 1.807) is 5.51 Å². The Morgan fingerprint density at radius 2 is 2.18 bits per heavy atom. The molecule has 17 heavy (non-hydrogen) atoms. The Balaban J connectivity index is 1.99. The van der Waals surface area contributed by atoms with Gasteiger partial charge < -0.3 is 11.1 Å². The molecule has 1 aromatic carbocycles. The second-order valence-electron chi connectivity index (χ2n) is 3.51. The Morgan fingerprint density at radius 3 is 2.88 bits per heavy atom. The first-order valence-corrected chi connectivity index (χ1v) is 5.96. The van der Waals surface area contributed by atoms with Crippen molar-refractivity contribution in [2.75, 3.05) is 17.6 Å². The van der Waals surface area contributed by atoms with Gasteiger partial charge in [-0.1, -0.05) is 0 Å². The molecule has 0 bridgehead atoms. The summed E-state index contributed by atoms with van der Waals surface area (Å²) < 4.78 is 26.1. The van der Waals surface area contributed by atoms with Crippen LogP contribution in [0.2, 0.25) is 0 Å². The normalized spacial score (nSPS) is 10.5. The van der Waals surface area contributed by atoms with Crippen molar-refractivity contribution in [3.05, 3.63) is 40.4 Å². The maximum atomic E-state index is 13.1. The van der Waals surface area contributed by atoms with Crippen molar-refractivity contribution >= 4 is 22.7 Å². The first kappa shape index (κ1) is 11.8. The maximum absolute atomic E-state index is 13.1. The van der Waals surface area contributed by atoms with Crippen LogP contribution in [0.4, 0.5) is 20.2 Å². The van der Waals surface area contributed by atoms with Crippen LogP contribution >= 0.6 is 11.3 Å². The lowest BCUT2D eigenvalue weighted by Gasteiger charge is -2.09. The topological polar surface area (TPSA) is 50.9 Å². The van der Waals surface area contributed by atoms with Gasteiger partial charge in [-0.2, -0.15) is 0 Å². The van der Waals surface area contributed by atoms with Crippen LogP contribution in [0.3, 0.4) is 0 Å². The van der Waals surface area contributed by atoms with Gasteiger partial charge in [0.05, 0.1) is 22.6 Å². The molecule has 0 saturated heterocycles. The van der Waals surface area contributed by atoms with Crippen LogP contribution in [-0.2, 0) is 6.42 Å². The summed E-state index contributed by atoms with van der Waals surface area (Å²) in [6.45, 7) is 0.525. The van der Waals surface area contributed by atoms with Crippen molar-refractivity contribution in [3.8, 4) is 0 Å². The molecule has 0 saturated carbocycles. The van der Waals surface area contributed by atoms with E-state index in [-0.39, 0.29) is 11.4 Å². The molecular formula is C11H11F2N3S. The molecule has 3 nitrogen and oxygen atoms in total. The van der Waals surface area contributed by atoms with E-state index in [0.29, 0.717) is 13.0 Å². The first-order valence-electron chi connectivity index (χ1n) is 5.02. The minimum Gasteiger partial charge on any atom is -0.395 e. The number of rotatable bonds is 4. The number of aromatic nitrogens is 1. The van der Waals surface area contributed by atoms with Crippen LogP contribution in [0.5, 0.6) is 0 Å². The monoisotopic (exact) mass is 255 g/mol. The molecule has 0 spiro atoms. The highest BCUT2D eigenvalue weighted by Gasteiger charge is 2.07. The summed E-state index contributed by atoms with van der Waals surface area (Å²) in [5, 5.41) is 4.82. The van der Waals surface area contributed by atoms with Crippen LogP contribution in [0.1, 0.15) is 5.69 Å². The predicted octanol–water partition coefficient (Wildman–Crippen LogP) is 2.66. The third-order valence-electron chi connectivity index (χ3n) is 2.27. The molecule has 2 rings (SSSR count). The fourth-order valence-corrected chi connectivity index (χ4v) is 2.01. The molecule has 0 aliphatic carbocycles. The third-order valence-corrected chi connectivity index (χ3v) is 2.91. The number of benzene rings is 1. The van der Waals surface area contributed by atoms with E-state index in [0.717, 1.165) is 11.8 Å². The summed E-state index contributed by atoms with van der Waals surface area (Å²) in [4.78, 5) is 4.10. The number of nitrogens with zero attached hydrogens (tertiary/aromatic N) is 1. The summed E-state index contributed by atoms with van der Waals surface area (Å²) in [6, 6.07) is 1.94. The van der Waals surface area contributed by atoms with Crippen LogP contribution < -0.4 is 11.1 Å². The average Bonchev–Trinajstić information content (AvgIpc) is 2.78. The zero-order chi connectivity index (χ0) is 12.3. The summed E-state index contributed by atoms with van der Waals surface area (Å²) in [5.41, 5.74) is 8.39. The fraction of sp³-hybridized carbons (Fsp3) is 0.182. The second-order valence-corrected chi connectivity index (χ2v) is 4.22. The van der Waals surface area contributed by atoms with Crippen LogP contribution in [0.15, 0.2) is 23.0 Å². The van der Waals surface area contributed by atoms with E-state index in [1.807, 2.05) is 5.38 Å². The number of halogens is 2. The quantitative estimate of drug-likeness (QED) is 0.826. The van der Waals surface area contributed by atoms with E-state index < -0.39 is 11.6 Å². The Morgan fingerprint density at radius 1 is 1.35 bits per heavy atom.